The van der Waals surface area contributed by atoms with Crippen LogP contribution in [0, 0.1) is 13.8 Å². The second-order valence-corrected chi connectivity index (χ2v) is 9.60. The summed E-state index contributed by atoms with van der Waals surface area (Å²) in [4.78, 5) is 38.2. The number of benzene rings is 1. The van der Waals surface area contributed by atoms with Gasteiger partial charge in [0.05, 0.1) is 12.1 Å². The van der Waals surface area contributed by atoms with Gasteiger partial charge in [-0.2, -0.15) is 0 Å². The lowest BCUT2D eigenvalue weighted by molar-refractivity contribution is -0.122. The predicted octanol–water partition coefficient (Wildman–Crippen LogP) is 3.31. The summed E-state index contributed by atoms with van der Waals surface area (Å²) in [5, 5.41) is 13.1. The van der Waals surface area contributed by atoms with Gasteiger partial charge in [0.25, 0.3) is 17.9 Å². The van der Waals surface area contributed by atoms with Gasteiger partial charge in [0.15, 0.2) is 0 Å². The highest BCUT2D eigenvalue weighted by molar-refractivity contribution is 6.31. The number of halogens is 1. The van der Waals surface area contributed by atoms with Crippen molar-refractivity contribution in [3.63, 3.8) is 0 Å². The smallest absolute Gasteiger partial charge is 0.290 e. The van der Waals surface area contributed by atoms with Crippen molar-refractivity contribution in [2.45, 2.75) is 65.1 Å². The Morgan fingerprint density at radius 1 is 1.23 bits per heavy atom. The van der Waals surface area contributed by atoms with Gasteiger partial charge in [-0.15, -0.1) is 0 Å². The minimum absolute atomic E-state index is 0.175. The normalized spacial score (nSPS) is 17.5. The molecule has 10 heteroatoms. The lowest BCUT2D eigenvalue weighted by Gasteiger charge is -2.40. The molecule has 1 aromatic heterocycles. The Morgan fingerprint density at radius 3 is 2.29 bits per heavy atom. The first kappa shape index (κ1) is 28.5. The monoisotopic (exact) mass is 507 g/mol. The minimum atomic E-state index is -0.250. The van der Waals surface area contributed by atoms with E-state index in [4.69, 9.17) is 21.5 Å². The van der Waals surface area contributed by atoms with E-state index in [1.54, 1.807) is 17.8 Å². The van der Waals surface area contributed by atoms with Crippen LogP contribution in [-0.4, -0.2) is 64.9 Å². The summed E-state index contributed by atoms with van der Waals surface area (Å²) < 4.78 is 1.66. The highest BCUT2D eigenvalue weighted by Crippen LogP contribution is 2.34. The van der Waals surface area contributed by atoms with E-state index in [1.807, 2.05) is 19.9 Å². The average Bonchev–Trinajstić information content (AvgIpc) is 3.06. The van der Waals surface area contributed by atoms with Gasteiger partial charge < -0.3 is 20.2 Å². The number of carbonyl (C=O) groups is 2. The number of hydrogen-bond acceptors (Lipinski definition) is 5. The van der Waals surface area contributed by atoms with Gasteiger partial charge in [-0.25, -0.2) is 0 Å². The Bertz CT molecular complexity index is 1070. The van der Waals surface area contributed by atoms with Gasteiger partial charge in [-0.05, 0) is 78.2 Å². The minimum Gasteiger partial charge on any atom is -0.483 e. The summed E-state index contributed by atoms with van der Waals surface area (Å²) in [7, 11) is 6.08. The summed E-state index contributed by atoms with van der Waals surface area (Å²) in [5.41, 5.74) is 3.68. The van der Waals surface area contributed by atoms with Crippen LogP contribution in [0.15, 0.2) is 16.9 Å². The summed E-state index contributed by atoms with van der Waals surface area (Å²) in [5.74, 6) is -0.221. The maximum Gasteiger partial charge on any atom is 0.290 e. The van der Waals surface area contributed by atoms with Crippen LogP contribution in [0.5, 0.6) is 0 Å². The van der Waals surface area contributed by atoms with Crippen molar-refractivity contribution < 1.29 is 14.7 Å². The zero-order chi connectivity index (χ0) is 26.3. The van der Waals surface area contributed by atoms with Crippen molar-refractivity contribution in [2.24, 2.45) is 7.05 Å². The molecule has 0 aliphatic heterocycles. The van der Waals surface area contributed by atoms with E-state index < -0.39 is 0 Å². The van der Waals surface area contributed by atoms with Gasteiger partial charge in [0.2, 0.25) is 0 Å². The van der Waals surface area contributed by atoms with Crippen LogP contribution in [0.25, 0.3) is 0 Å². The number of rotatable bonds is 7. The van der Waals surface area contributed by atoms with Gasteiger partial charge in [-0.3, -0.25) is 24.2 Å². The molecule has 0 saturated heterocycles. The van der Waals surface area contributed by atoms with E-state index in [-0.39, 0.29) is 24.5 Å². The zero-order valence-electron chi connectivity index (χ0n) is 21.5. The van der Waals surface area contributed by atoms with Gasteiger partial charge in [-0.1, -0.05) is 11.6 Å². The molecule has 1 heterocycles. The molecule has 3 N–H and O–H groups in total. The van der Waals surface area contributed by atoms with Crippen LogP contribution in [0.1, 0.15) is 59.8 Å². The second-order valence-electron chi connectivity index (χ2n) is 9.16. The fourth-order valence-corrected chi connectivity index (χ4v) is 5.07. The molecule has 2 aromatic rings. The molecule has 35 heavy (non-hydrogen) atoms. The third-order valence-corrected chi connectivity index (χ3v) is 7.20. The maximum atomic E-state index is 13.1. The SMILES string of the molecule is CCN(c1cc(Cl)cc(C(=O)NCc2c(C)n(C)[nH]c2=O)c1C)C1CCC(N(C)C)CC1.O=CO. The molecule has 3 rings (SSSR count). The number of hydrogen-bond donors (Lipinski definition) is 3. The Morgan fingerprint density at radius 2 is 1.80 bits per heavy atom. The summed E-state index contributed by atoms with van der Waals surface area (Å²) >= 11 is 6.47. The largest absolute Gasteiger partial charge is 0.483 e. The standard InChI is InChI=1S/C24H36ClN5O2.CH2O2/c1-7-30(19-10-8-18(9-11-19)28(4)5)22-13-17(25)12-20(15(22)2)23(31)26-14-21-16(3)29(6)27-24(21)32;2-1-3/h12-13,18-19H,7-11,14H2,1-6H3,(H,26,31)(H,27,32);1H,(H,2,3). The molecule has 194 valence electrons. The van der Waals surface area contributed by atoms with Crippen LogP contribution in [-0.2, 0) is 18.4 Å². The Hall–Kier alpha value is -2.78. The zero-order valence-corrected chi connectivity index (χ0v) is 22.3. The van der Waals surface area contributed by atoms with Crippen molar-refractivity contribution in [3.05, 3.63) is 49.9 Å². The highest BCUT2D eigenvalue weighted by atomic mass is 35.5. The van der Waals surface area contributed by atoms with E-state index in [1.165, 1.54) is 12.8 Å². The van der Waals surface area contributed by atoms with Gasteiger partial charge in [0, 0.05) is 47.6 Å². The molecule has 1 saturated carbocycles. The van der Waals surface area contributed by atoms with E-state index in [2.05, 4.69) is 41.2 Å². The number of amides is 1. The van der Waals surface area contributed by atoms with Crippen molar-refractivity contribution in [1.82, 2.24) is 20.0 Å². The maximum absolute atomic E-state index is 13.1. The molecule has 0 spiro atoms. The highest BCUT2D eigenvalue weighted by Gasteiger charge is 2.28. The third-order valence-electron chi connectivity index (χ3n) is 6.99. The number of nitrogens with zero attached hydrogens (tertiary/aromatic N) is 3. The van der Waals surface area contributed by atoms with Crippen LogP contribution < -0.4 is 15.8 Å². The lowest BCUT2D eigenvalue weighted by Crippen LogP contribution is -2.42. The average molecular weight is 508 g/mol. The third kappa shape index (κ3) is 6.89. The molecular formula is C25H38ClN5O4. The molecule has 1 amide bonds. The lowest BCUT2D eigenvalue weighted by atomic mass is 9.89. The molecule has 0 bridgehead atoms. The van der Waals surface area contributed by atoms with E-state index in [0.29, 0.717) is 28.2 Å². The Labute approximate surface area is 212 Å². The van der Waals surface area contributed by atoms with Crippen molar-refractivity contribution in [3.8, 4) is 0 Å². The van der Waals surface area contributed by atoms with E-state index >= 15 is 0 Å². The fourth-order valence-electron chi connectivity index (χ4n) is 4.85. The molecule has 1 aromatic carbocycles. The first-order valence-electron chi connectivity index (χ1n) is 11.9. The van der Waals surface area contributed by atoms with Gasteiger partial charge >= 0.3 is 0 Å². The van der Waals surface area contributed by atoms with Crippen LogP contribution in [0.4, 0.5) is 5.69 Å². The topological polar surface area (TPSA) is 111 Å². The summed E-state index contributed by atoms with van der Waals surface area (Å²) in [6, 6.07) is 4.77. The molecule has 1 aliphatic carbocycles. The van der Waals surface area contributed by atoms with Crippen molar-refractivity contribution >= 4 is 29.7 Å². The first-order valence-corrected chi connectivity index (χ1v) is 12.3. The van der Waals surface area contributed by atoms with Crippen LogP contribution in [0.2, 0.25) is 5.02 Å². The van der Waals surface area contributed by atoms with Crippen molar-refractivity contribution in [2.75, 3.05) is 25.5 Å². The molecule has 1 aliphatic rings. The first-order chi connectivity index (χ1) is 16.5. The van der Waals surface area contributed by atoms with E-state index in [9.17, 15) is 9.59 Å². The second kappa shape index (κ2) is 12.8. The molecule has 0 unspecified atom stereocenters. The van der Waals surface area contributed by atoms with Crippen LogP contribution >= 0.6 is 11.6 Å². The number of aromatic nitrogens is 2. The summed E-state index contributed by atoms with van der Waals surface area (Å²) in [6.07, 6.45) is 4.60. The molecule has 0 radical (unpaired) electrons. The number of H-pyrrole nitrogens is 1. The quantitative estimate of drug-likeness (QED) is 0.496. The van der Waals surface area contributed by atoms with Crippen molar-refractivity contribution in [1.29, 1.82) is 0 Å². The molecular weight excluding hydrogens is 470 g/mol. The van der Waals surface area contributed by atoms with Crippen LogP contribution in [0.3, 0.4) is 0 Å². The number of carboxylic acid groups (broad SMARTS) is 1. The number of anilines is 1. The number of nitrogens with one attached hydrogen (secondary N) is 2. The Kier molecular flexibility index (Phi) is 10.4. The number of aryl methyl sites for hydroxylation is 1. The van der Waals surface area contributed by atoms with E-state index in [0.717, 1.165) is 36.3 Å². The number of aromatic amines is 1. The Balaban J connectivity index is 0.00000137. The predicted molar refractivity (Wildman–Crippen MR) is 140 cm³/mol. The van der Waals surface area contributed by atoms with Gasteiger partial charge in [0.1, 0.15) is 0 Å². The number of carbonyl (C=O) groups excluding carboxylic acids is 1. The molecule has 0 atom stereocenters. The fraction of sp³-hybridized carbons (Fsp3) is 0.560. The summed E-state index contributed by atoms with van der Waals surface area (Å²) in [6.45, 7) is 6.77. The molecule has 9 nitrogen and oxygen atoms in total. The molecule has 1 fully saturated rings.